The van der Waals surface area contributed by atoms with Crippen LogP contribution in [-0.2, 0) is 10.0 Å². The fourth-order valence-electron chi connectivity index (χ4n) is 4.35. The molecule has 5 aromatic rings. The summed E-state index contributed by atoms with van der Waals surface area (Å²) in [6, 6.07) is 21.0. The van der Waals surface area contributed by atoms with E-state index >= 15 is 0 Å². The molecule has 36 heavy (non-hydrogen) atoms. The highest BCUT2D eigenvalue weighted by Gasteiger charge is 2.34. The third-order valence-corrected chi connectivity index (χ3v) is 9.27. The van der Waals surface area contributed by atoms with Gasteiger partial charge in [0.05, 0.1) is 5.52 Å². The van der Waals surface area contributed by atoms with Crippen LogP contribution >= 0.6 is 11.8 Å². The molecule has 2 aromatic carbocycles. The van der Waals surface area contributed by atoms with Crippen molar-refractivity contribution in [2.24, 2.45) is 0 Å². The lowest BCUT2D eigenvalue weighted by atomic mass is 10.2. The molecule has 3 aromatic heterocycles. The number of hydrogen-bond donors (Lipinski definition) is 0. The molecule has 4 heterocycles. The predicted molar refractivity (Wildman–Crippen MR) is 138 cm³/mol. The summed E-state index contributed by atoms with van der Waals surface area (Å²) in [5, 5.41) is 9.55. The number of piperazine rings is 1. The summed E-state index contributed by atoms with van der Waals surface area (Å²) in [5.41, 5.74) is 2.39. The van der Waals surface area contributed by atoms with E-state index < -0.39 is 10.0 Å². The van der Waals surface area contributed by atoms with Crippen LogP contribution < -0.4 is 4.90 Å². The molecule has 0 saturated carbocycles. The van der Waals surface area contributed by atoms with Gasteiger partial charge in [0.15, 0.2) is 5.52 Å². The van der Waals surface area contributed by atoms with Gasteiger partial charge in [-0.05, 0) is 53.6 Å². The van der Waals surface area contributed by atoms with Gasteiger partial charge < -0.3 is 4.90 Å². The van der Waals surface area contributed by atoms with Crippen molar-refractivity contribution in [3.8, 4) is 0 Å². The van der Waals surface area contributed by atoms with E-state index in [1.165, 1.54) is 16.1 Å². The van der Waals surface area contributed by atoms with Crippen molar-refractivity contribution in [1.82, 2.24) is 24.6 Å². The number of fused-ring (bicyclic) bond motifs is 2. The average Bonchev–Trinajstić information content (AvgIpc) is 3.37. The molecule has 1 fully saturated rings. The number of rotatable bonds is 5. The second-order valence-corrected chi connectivity index (χ2v) is 11.4. The van der Waals surface area contributed by atoms with Gasteiger partial charge in [0.1, 0.15) is 21.3 Å². The number of sulfonamides is 1. The van der Waals surface area contributed by atoms with Crippen molar-refractivity contribution < 1.29 is 13.0 Å². The van der Waals surface area contributed by atoms with Crippen LogP contribution in [0.25, 0.3) is 21.9 Å². The topological polar surface area (TPSA) is 105 Å². The number of anilines is 1. The lowest BCUT2D eigenvalue weighted by Gasteiger charge is -2.35. The standard InChI is InChI=1S/C25H22N6O3S2/c1-17-5-4-8-22(26-17)30-13-15-31(16-14-30)36(32,33)25-21(11-10-20-24(25)29-34-28-20)35-23-12-9-18-6-2-3-7-19(18)27-23/h2-12H,13-16H2,1H3. The fourth-order valence-corrected chi connectivity index (χ4v) is 7.23. The Kier molecular flexibility index (Phi) is 5.82. The Bertz CT molecular complexity index is 1680. The van der Waals surface area contributed by atoms with Crippen LogP contribution in [0.5, 0.6) is 0 Å². The van der Waals surface area contributed by atoms with Crippen molar-refractivity contribution in [2.45, 2.75) is 21.7 Å². The van der Waals surface area contributed by atoms with Gasteiger partial charge in [-0.3, -0.25) is 0 Å². The van der Waals surface area contributed by atoms with Gasteiger partial charge in [0.2, 0.25) is 10.0 Å². The number of para-hydroxylation sites is 1. The summed E-state index contributed by atoms with van der Waals surface area (Å²) in [5.74, 6) is 0.855. The molecule has 0 bridgehead atoms. The summed E-state index contributed by atoms with van der Waals surface area (Å²) >= 11 is 1.29. The highest BCUT2D eigenvalue weighted by Crippen LogP contribution is 2.38. The first-order valence-corrected chi connectivity index (χ1v) is 13.7. The molecule has 0 spiro atoms. The Morgan fingerprint density at radius 1 is 0.833 bits per heavy atom. The van der Waals surface area contributed by atoms with Gasteiger partial charge in [-0.15, -0.1) is 0 Å². The van der Waals surface area contributed by atoms with E-state index in [2.05, 4.69) is 20.2 Å². The second-order valence-electron chi connectivity index (χ2n) is 8.50. The fraction of sp³-hybridized carbons (Fsp3) is 0.200. The molecular weight excluding hydrogens is 496 g/mol. The smallest absolute Gasteiger partial charge is 0.246 e. The molecule has 0 N–H and O–H groups in total. The summed E-state index contributed by atoms with van der Waals surface area (Å²) in [7, 11) is -3.89. The Balaban J connectivity index is 1.33. The van der Waals surface area contributed by atoms with Crippen LogP contribution in [0.1, 0.15) is 5.69 Å². The molecule has 9 nitrogen and oxygen atoms in total. The number of pyridine rings is 2. The van der Waals surface area contributed by atoms with Crippen LogP contribution in [-0.4, -0.2) is 59.2 Å². The minimum atomic E-state index is -3.89. The van der Waals surface area contributed by atoms with Crippen molar-refractivity contribution >= 4 is 49.5 Å². The van der Waals surface area contributed by atoms with Crippen LogP contribution in [0.2, 0.25) is 0 Å². The maximum atomic E-state index is 14.0. The van der Waals surface area contributed by atoms with Crippen LogP contribution in [0.3, 0.4) is 0 Å². The molecule has 1 aliphatic rings. The molecule has 0 atom stereocenters. The Morgan fingerprint density at radius 3 is 2.50 bits per heavy atom. The predicted octanol–water partition coefficient (Wildman–Crippen LogP) is 4.14. The number of aryl methyl sites for hydroxylation is 1. The van der Waals surface area contributed by atoms with Crippen molar-refractivity contribution in [1.29, 1.82) is 0 Å². The SMILES string of the molecule is Cc1cccc(N2CCN(S(=O)(=O)c3c(Sc4ccc5ccccc5n4)ccc4nonc34)CC2)n1. The van der Waals surface area contributed by atoms with Crippen molar-refractivity contribution in [2.75, 3.05) is 31.1 Å². The van der Waals surface area contributed by atoms with Gasteiger partial charge in [-0.2, -0.15) is 4.31 Å². The molecule has 0 aliphatic carbocycles. The summed E-state index contributed by atoms with van der Waals surface area (Å²) < 4.78 is 34.4. The first kappa shape index (κ1) is 22.9. The highest BCUT2D eigenvalue weighted by molar-refractivity contribution is 8.00. The van der Waals surface area contributed by atoms with Crippen molar-refractivity contribution in [3.63, 3.8) is 0 Å². The zero-order valence-corrected chi connectivity index (χ0v) is 21.0. The molecule has 0 amide bonds. The third kappa shape index (κ3) is 4.19. The summed E-state index contributed by atoms with van der Waals surface area (Å²) in [6.45, 7) is 3.69. The lowest BCUT2D eigenvalue weighted by molar-refractivity contribution is 0.314. The molecule has 1 aliphatic heterocycles. The average molecular weight is 519 g/mol. The largest absolute Gasteiger partial charge is 0.354 e. The summed E-state index contributed by atoms with van der Waals surface area (Å²) in [4.78, 5) is 12.0. The molecule has 182 valence electrons. The highest BCUT2D eigenvalue weighted by atomic mass is 32.2. The quantitative estimate of drug-likeness (QED) is 0.339. The molecule has 0 unspecified atom stereocenters. The number of aromatic nitrogens is 4. The zero-order chi connectivity index (χ0) is 24.7. The Morgan fingerprint density at radius 2 is 1.67 bits per heavy atom. The van der Waals surface area contributed by atoms with E-state index in [4.69, 9.17) is 9.61 Å². The Labute approximate surface area is 212 Å². The van der Waals surface area contributed by atoms with Gasteiger partial charge in [-0.25, -0.2) is 23.0 Å². The number of benzene rings is 2. The van der Waals surface area contributed by atoms with Crippen LogP contribution in [0, 0.1) is 6.92 Å². The molecule has 6 rings (SSSR count). The van der Waals surface area contributed by atoms with Gasteiger partial charge in [-0.1, -0.05) is 42.1 Å². The second kappa shape index (κ2) is 9.16. The first-order valence-electron chi connectivity index (χ1n) is 11.5. The number of nitrogens with zero attached hydrogens (tertiary/aromatic N) is 6. The minimum absolute atomic E-state index is 0.100. The zero-order valence-electron chi connectivity index (χ0n) is 19.4. The molecule has 11 heteroatoms. The first-order chi connectivity index (χ1) is 17.5. The van der Waals surface area contributed by atoms with E-state index in [1.807, 2.05) is 61.5 Å². The van der Waals surface area contributed by atoms with E-state index in [0.29, 0.717) is 41.6 Å². The van der Waals surface area contributed by atoms with E-state index in [-0.39, 0.29) is 10.4 Å². The van der Waals surface area contributed by atoms with Gasteiger partial charge in [0.25, 0.3) is 0 Å². The maximum Gasteiger partial charge on any atom is 0.246 e. The lowest BCUT2D eigenvalue weighted by Crippen LogP contribution is -2.49. The van der Waals surface area contributed by atoms with Crippen molar-refractivity contribution in [3.05, 3.63) is 72.4 Å². The normalized spacial score (nSPS) is 15.1. The van der Waals surface area contributed by atoms with Crippen LogP contribution in [0.4, 0.5) is 5.82 Å². The minimum Gasteiger partial charge on any atom is -0.354 e. The maximum absolute atomic E-state index is 14.0. The van der Waals surface area contributed by atoms with Crippen LogP contribution in [0.15, 0.2) is 86.2 Å². The molecule has 1 saturated heterocycles. The Hall–Kier alpha value is -3.54. The summed E-state index contributed by atoms with van der Waals surface area (Å²) in [6.07, 6.45) is 0. The molecular formula is C25H22N6O3S2. The monoisotopic (exact) mass is 518 g/mol. The van der Waals surface area contributed by atoms with E-state index in [1.54, 1.807) is 12.1 Å². The van der Waals surface area contributed by atoms with E-state index in [0.717, 1.165) is 22.4 Å². The van der Waals surface area contributed by atoms with Gasteiger partial charge >= 0.3 is 0 Å². The van der Waals surface area contributed by atoms with E-state index in [9.17, 15) is 8.42 Å². The van der Waals surface area contributed by atoms with Gasteiger partial charge in [0, 0.05) is 42.2 Å². The molecule has 0 radical (unpaired) electrons. The third-order valence-electron chi connectivity index (χ3n) is 6.17. The number of hydrogen-bond acceptors (Lipinski definition) is 9.